The zero-order valence-corrected chi connectivity index (χ0v) is 13.8. The second kappa shape index (κ2) is 7.04. The molecule has 1 aliphatic heterocycles. The fourth-order valence-electron chi connectivity index (χ4n) is 2.26. The Labute approximate surface area is 133 Å². The number of carbonyl (C=O) groups is 2. The molecule has 2 rings (SSSR count). The lowest BCUT2D eigenvalue weighted by Gasteiger charge is -2.33. The number of benzene rings is 1. The van der Waals surface area contributed by atoms with Crippen molar-refractivity contribution in [2.24, 2.45) is 11.8 Å². The Bertz CT molecular complexity index is 531. The molecule has 5 nitrogen and oxygen atoms in total. The molecule has 0 radical (unpaired) electrons. The van der Waals surface area contributed by atoms with E-state index < -0.39 is 0 Å². The number of nitrogens with zero attached hydrogens (tertiary/aromatic N) is 1. The fourth-order valence-corrected chi connectivity index (χ4v) is 2.64. The molecule has 114 valence electrons. The molecule has 1 heterocycles. The Kier molecular flexibility index (Phi) is 5.36. The molecule has 0 aliphatic carbocycles. The molecule has 0 bridgehead atoms. The molecule has 1 fully saturated rings. The number of para-hydroxylation sites is 1. The predicted molar refractivity (Wildman–Crippen MR) is 85.9 cm³/mol. The molecule has 0 aromatic heterocycles. The standard InChI is InChI=1S/C15H20BrN3O2/c1-10(11-7-17-8-11)15(21)19(2)9-14(20)18-13-6-4-3-5-12(13)16/h3-6,10-11,17H,7-9H2,1-2H3,(H,18,20). The monoisotopic (exact) mass is 353 g/mol. The number of likely N-dealkylation sites (N-methyl/N-ethyl adjacent to an activating group) is 1. The number of halogens is 1. The normalized spacial score (nSPS) is 16.0. The lowest BCUT2D eigenvalue weighted by atomic mass is 9.88. The van der Waals surface area contributed by atoms with Crippen LogP contribution in [-0.2, 0) is 9.59 Å². The number of nitrogens with one attached hydrogen (secondary N) is 2. The highest BCUT2D eigenvalue weighted by Gasteiger charge is 2.30. The van der Waals surface area contributed by atoms with Crippen LogP contribution in [0, 0.1) is 11.8 Å². The Balaban J connectivity index is 1.87. The molecule has 2 amide bonds. The van der Waals surface area contributed by atoms with Gasteiger partial charge < -0.3 is 15.5 Å². The molecular formula is C15H20BrN3O2. The highest BCUT2D eigenvalue weighted by molar-refractivity contribution is 9.10. The van der Waals surface area contributed by atoms with Gasteiger partial charge in [-0.15, -0.1) is 0 Å². The van der Waals surface area contributed by atoms with Gasteiger partial charge in [0.1, 0.15) is 0 Å². The third-order valence-electron chi connectivity index (χ3n) is 3.81. The summed E-state index contributed by atoms with van der Waals surface area (Å²) in [4.78, 5) is 25.8. The number of hydrogen-bond donors (Lipinski definition) is 2. The zero-order valence-electron chi connectivity index (χ0n) is 12.2. The van der Waals surface area contributed by atoms with E-state index in [9.17, 15) is 9.59 Å². The van der Waals surface area contributed by atoms with Crippen molar-refractivity contribution in [3.63, 3.8) is 0 Å². The Morgan fingerprint density at radius 2 is 2.10 bits per heavy atom. The summed E-state index contributed by atoms with van der Waals surface area (Å²) in [7, 11) is 1.67. The van der Waals surface area contributed by atoms with Crippen molar-refractivity contribution in [1.82, 2.24) is 10.2 Å². The van der Waals surface area contributed by atoms with Crippen molar-refractivity contribution in [1.29, 1.82) is 0 Å². The average Bonchev–Trinajstić information content (AvgIpc) is 2.38. The summed E-state index contributed by atoms with van der Waals surface area (Å²) < 4.78 is 0.821. The lowest BCUT2D eigenvalue weighted by Crippen LogP contribution is -2.50. The summed E-state index contributed by atoms with van der Waals surface area (Å²) in [6.07, 6.45) is 0. The minimum atomic E-state index is -0.198. The van der Waals surface area contributed by atoms with Gasteiger partial charge in [0, 0.05) is 17.4 Å². The van der Waals surface area contributed by atoms with Gasteiger partial charge in [-0.1, -0.05) is 19.1 Å². The van der Waals surface area contributed by atoms with Gasteiger partial charge >= 0.3 is 0 Å². The maximum atomic E-state index is 12.2. The molecule has 1 atom stereocenters. The summed E-state index contributed by atoms with van der Waals surface area (Å²) in [5, 5.41) is 5.96. The Morgan fingerprint density at radius 1 is 1.43 bits per heavy atom. The number of carbonyl (C=O) groups excluding carboxylic acids is 2. The molecule has 6 heteroatoms. The Morgan fingerprint density at radius 3 is 2.67 bits per heavy atom. The topological polar surface area (TPSA) is 61.4 Å². The zero-order chi connectivity index (χ0) is 15.4. The molecule has 0 saturated carbocycles. The number of anilines is 1. The quantitative estimate of drug-likeness (QED) is 0.846. The van der Waals surface area contributed by atoms with Crippen LogP contribution in [0.15, 0.2) is 28.7 Å². The molecule has 1 unspecified atom stereocenters. The second-order valence-electron chi connectivity index (χ2n) is 5.43. The largest absolute Gasteiger partial charge is 0.336 e. The van der Waals surface area contributed by atoms with Gasteiger partial charge in [-0.3, -0.25) is 9.59 Å². The van der Waals surface area contributed by atoms with Gasteiger partial charge in [-0.2, -0.15) is 0 Å². The smallest absolute Gasteiger partial charge is 0.244 e. The predicted octanol–water partition coefficient (Wildman–Crippen LogP) is 1.70. The van der Waals surface area contributed by atoms with E-state index >= 15 is 0 Å². The van der Waals surface area contributed by atoms with Crippen LogP contribution < -0.4 is 10.6 Å². The third kappa shape index (κ3) is 4.04. The summed E-state index contributed by atoms with van der Waals surface area (Å²) in [6, 6.07) is 7.40. The fraction of sp³-hybridized carbons (Fsp3) is 0.467. The van der Waals surface area contributed by atoms with Crippen molar-refractivity contribution >= 4 is 33.4 Å². The SMILES string of the molecule is CC(C(=O)N(C)CC(=O)Nc1ccccc1Br)C1CNC1. The molecule has 0 spiro atoms. The molecule has 1 aromatic carbocycles. The summed E-state index contributed by atoms with van der Waals surface area (Å²) in [6.45, 7) is 3.74. The highest BCUT2D eigenvalue weighted by atomic mass is 79.9. The average molecular weight is 354 g/mol. The van der Waals surface area contributed by atoms with Crippen LogP contribution in [0.2, 0.25) is 0 Å². The van der Waals surface area contributed by atoms with E-state index in [1.807, 2.05) is 31.2 Å². The maximum absolute atomic E-state index is 12.2. The van der Waals surface area contributed by atoms with Gasteiger partial charge in [0.2, 0.25) is 11.8 Å². The summed E-state index contributed by atoms with van der Waals surface area (Å²) in [5.41, 5.74) is 0.708. The summed E-state index contributed by atoms with van der Waals surface area (Å²) >= 11 is 3.38. The van der Waals surface area contributed by atoms with Crippen LogP contribution in [0.5, 0.6) is 0 Å². The first kappa shape index (κ1) is 16.0. The van der Waals surface area contributed by atoms with Crippen molar-refractivity contribution < 1.29 is 9.59 Å². The first-order chi connectivity index (χ1) is 9.99. The van der Waals surface area contributed by atoms with Crippen molar-refractivity contribution in [2.45, 2.75) is 6.92 Å². The number of amides is 2. The van der Waals surface area contributed by atoms with Crippen LogP contribution in [-0.4, -0.2) is 43.4 Å². The van der Waals surface area contributed by atoms with E-state index in [0.717, 1.165) is 17.6 Å². The van der Waals surface area contributed by atoms with E-state index in [1.165, 1.54) is 4.90 Å². The Hall–Kier alpha value is -1.40. The lowest BCUT2D eigenvalue weighted by molar-refractivity contribution is -0.138. The molecule has 1 aromatic rings. The number of rotatable bonds is 5. The summed E-state index contributed by atoms with van der Waals surface area (Å²) in [5.74, 6) is 0.152. The van der Waals surface area contributed by atoms with Crippen LogP contribution in [0.4, 0.5) is 5.69 Å². The molecule has 1 saturated heterocycles. The number of hydrogen-bond acceptors (Lipinski definition) is 3. The van der Waals surface area contributed by atoms with Crippen LogP contribution in [0.1, 0.15) is 6.92 Å². The van der Waals surface area contributed by atoms with Crippen molar-refractivity contribution in [3.05, 3.63) is 28.7 Å². The minimum Gasteiger partial charge on any atom is -0.336 e. The minimum absolute atomic E-state index is 0.0174. The second-order valence-corrected chi connectivity index (χ2v) is 6.28. The first-order valence-electron chi connectivity index (χ1n) is 6.99. The van der Waals surface area contributed by atoms with E-state index in [0.29, 0.717) is 11.6 Å². The van der Waals surface area contributed by atoms with Gasteiger partial charge in [0.25, 0.3) is 0 Å². The van der Waals surface area contributed by atoms with Crippen LogP contribution in [0.3, 0.4) is 0 Å². The van der Waals surface area contributed by atoms with Crippen molar-refractivity contribution in [2.75, 3.05) is 32.0 Å². The molecule has 1 aliphatic rings. The van der Waals surface area contributed by atoms with Gasteiger partial charge in [-0.25, -0.2) is 0 Å². The van der Waals surface area contributed by atoms with E-state index in [-0.39, 0.29) is 24.3 Å². The van der Waals surface area contributed by atoms with E-state index in [4.69, 9.17) is 0 Å². The van der Waals surface area contributed by atoms with Crippen LogP contribution >= 0.6 is 15.9 Å². The highest BCUT2D eigenvalue weighted by Crippen LogP contribution is 2.21. The molecule has 21 heavy (non-hydrogen) atoms. The van der Waals surface area contributed by atoms with E-state index in [2.05, 4.69) is 26.6 Å². The van der Waals surface area contributed by atoms with Gasteiger partial charge in [-0.05, 0) is 47.1 Å². The maximum Gasteiger partial charge on any atom is 0.244 e. The molecular weight excluding hydrogens is 334 g/mol. The van der Waals surface area contributed by atoms with Gasteiger partial charge in [0.05, 0.1) is 12.2 Å². The third-order valence-corrected chi connectivity index (χ3v) is 4.51. The van der Waals surface area contributed by atoms with E-state index in [1.54, 1.807) is 7.05 Å². The molecule has 2 N–H and O–H groups in total. The first-order valence-corrected chi connectivity index (χ1v) is 7.78. The van der Waals surface area contributed by atoms with Crippen molar-refractivity contribution in [3.8, 4) is 0 Å². The van der Waals surface area contributed by atoms with Gasteiger partial charge in [0.15, 0.2) is 0 Å². The van der Waals surface area contributed by atoms with Crippen LogP contribution in [0.25, 0.3) is 0 Å².